The Kier molecular flexibility index (Phi) is 5.09. The third kappa shape index (κ3) is 3.62. The summed E-state index contributed by atoms with van der Waals surface area (Å²) in [7, 11) is 1.52. The van der Waals surface area contributed by atoms with Crippen LogP contribution in [0.2, 0.25) is 0 Å². The zero-order chi connectivity index (χ0) is 23.2. The van der Waals surface area contributed by atoms with E-state index in [0.29, 0.717) is 45.7 Å². The van der Waals surface area contributed by atoms with E-state index >= 15 is 0 Å². The van der Waals surface area contributed by atoms with Crippen molar-refractivity contribution in [3.05, 3.63) is 71.3 Å². The highest BCUT2D eigenvalue weighted by Crippen LogP contribution is 2.54. The number of pyridine rings is 1. The minimum atomic E-state index is -1.06. The Morgan fingerprint density at radius 2 is 2.12 bits per heavy atom. The Morgan fingerprint density at radius 1 is 1.27 bits per heavy atom. The number of aromatic nitrogens is 1. The fourth-order valence-corrected chi connectivity index (χ4v) is 4.89. The van der Waals surface area contributed by atoms with Crippen LogP contribution in [0.5, 0.6) is 23.0 Å². The van der Waals surface area contributed by atoms with Crippen molar-refractivity contribution < 1.29 is 23.8 Å². The number of ether oxygens (including phenoxy) is 2. The van der Waals surface area contributed by atoms with Crippen LogP contribution >= 0.6 is 11.8 Å². The molecule has 1 atom stereocenters. The van der Waals surface area contributed by atoms with Crippen molar-refractivity contribution in [3.63, 3.8) is 0 Å². The van der Waals surface area contributed by atoms with Gasteiger partial charge in [0.1, 0.15) is 28.5 Å². The summed E-state index contributed by atoms with van der Waals surface area (Å²) in [5.74, 6) is 0.246. The van der Waals surface area contributed by atoms with Gasteiger partial charge in [0, 0.05) is 28.6 Å². The second-order valence-corrected chi connectivity index (χ2v) is 8.68. The standard InChI is InChI=1S/C23H19FN4O4S/c1-31-14-3-4-18(26-11-14)21(30)27-12-2-5-19-15(8-12)23(6-7-33-22(25)28-23)16-9-13(29)10-17(24)20(16)32-19/h2-5,8-11,29H,6-7H2,1H3,(H2,25,28)(H,27,30). The molecule has 3 heterocycles. The van der Waals surface area contributed by atoms with Gasteiger partial charge in [0.25, 0.3) is 5.91 Å². The molecule has 0 saturated carbocycles. The average molecular weight is 466 g/mol. The predicted octanol–water partition coefficient (Wildman–Crippen LogP) is 3.99. The number of thioether (sulfide) groups is 1. The third-order valence-corrected chi connectivity index (χ3v) is 6.38. The molecule has 33 heavy (non-hydrogen) atoms. The molecule has 0 saturated heterocycles. The molecule has 8 nitrogen and oxygen atoms in total. The number of methoxy groups -OCH3 is 1. The number of nitrogens with two attached hydrogens (primary N) is 1. The lowest BCUT2D eigenvalue weighted by Crippen LogP contribution is -2.35. The highest BCUT2D eigenvalue weighted by Gasteiger charge is 2.45. The normalized spacial score (nSPS) is 18.5. The number of amidine groups is 1. The van der Waals surface area contributed by atoms with Crippen LogP contribution in [0.25, 0.3) is 0 Å². The Labute approximate surface area is 192 Å². The molecule has 3 aromatic rings. The van der Waals surface area contributed by atoms with E-state index in [9.17, 15) is 14.3 Å². The molecule has 0 radical (unpaired) electrons. The molecule has 168 valence electrons. The van der Waals surface area contributed by atoms with Crippen LogP contribution in [0.1, 0.15) is 28.0 Å². The van der Waals surface area contributed by atoms with E-state index in [2.05, 4.69) is 10.3 Å². The monoisotopic (exact) mass is 466 g/mol. The van der Waals surface area contributed by atoms with Gasteiger partial charge in [-0.2, -0.15) is 0 Å². The van der Waals surface area contributed by atoms with Crippen molar-refractivity contribution in [2.75, 3.05) is 18.2 Å². The molecular formula is C23H19FN4O4S. The molecule has 10 heteroatoms. The average Bonchev–Trinajstić information content (AvgIpc) is 2.80. The molecule has 2 aliphatic rings. The number of rotatable bonds is 3. The van der Waals surface area contributed by atoms with Crippen LogP contribution in [0.15, 0.2) is 53.7 Å². The van der Waals surface area contributed by atoms with Crippen molar-refractivity contribution in [2.24, 2.45) is 10.7 Å². The Bertz CT molecular complexity index is 1300. The molecule has 1 amide bonds. The van der Waals surface area contributed by atoms with Gasteiger partial charge < -0.3 is 25.6 Å². The number of phenols is 1. The quantitative estimate of drug-likeness (QED) is 0.534. The second kappa shape index (κ2) is 7.96. The number of phenolic OH excluding ortho intramolecular Hbond substituents is 1. The minimum absolute atomic E-state index is 0.00275. The number of benzene rings is 2. The molecule has 1 unspecified atom stereocenters. The first-order valence-corrected chi connectivity index (χ1v) is 11.0. The Morgan fingerprint density at radius 3 is 2.85 bits per heavy atom. The molecule has 4 N–H and O–H groups in total. The zero-order valence-corrected chi connectivity index (χ0v) is 18.3. The summed E-state index contributed by atoms with van der Waals surface area (Å²) >= 11 is 1.40. The van der Waals surface area contributed by atoms with Crippen molar-refractivity contribution in [1.82, 2.24) is 4.98 Å². The molecule has 2 aliphatic heterocycles. The number of anilines is 1. The number of carbonyl (C=O) groups is 1. The summed E-state index contributed by atoms with van der Waals surface area (Å²) < 4.78 is 25.6. The highest BCUT2D eigenvalue weighted by molar-refractivity contribution is 8.13. The SMILES string of the molecule is COc1ccc(C(=O)Nc2ccc3c(c2)C2(CCSC(N)=N2)c2cc(O)cc(F)c2O3)nc1. The fraction of sp³-hybridized carbons (Fsp3) is 0.174. The van der Waals surface area contributed by atoms with E-state index in [4.69, 9.17) is 20.2 Å². The van der Waals surface area contributed by atoms with E-state index in [1.54, 1.807) is 30.3 Å². The summed E-state index contributed by atoms with van der Waals surface area (Å²) in [5, 5.41) is 13.2. The van der Waals surface area contributed by atoms with Gasteiger partial charge in [0.2, 0.25) is 0 Å². The first kappa shape index (κ1) is 21.1. The van der Waals surface area contributed by atoms with E-state index < -0.39 is 17.3 Å². The van der Waals surface area contributed by atoms with E-state index in [0.717, 1.165) is 6.07 Å². The van der Waals surface area contributed by atoms with Crippen molar-refractivity contribution in [2.45, 2.75) is 12.0 Å². The molecule has 1 spiro atoms. The summed E-state index contributed by atoms with van der Waals surface area (Å²) in [4.78, 5) is 21.5. The number of hydrogen-bond donors (Lipinski definition) is 3. The van der Waals surface area contributed by atoms with Crippen LogP contribution < -0.4 is 20.5 Å². The van der Waals surface area contributed by atoms with E-state index in [1.807, 2.05) is 0 Å². The number of aliphatic imine (C=N–C) groups is 1. The summed E-state index contributed by atoms with van der Waals surface area (Å²) in [6.07, 6.45) is 1.96. The highest BCUT2D eigenvalue weighted by atomic mass is 32.2. The van der Waals surface area contributed by atoms with Gasteiger partial charge in [-0.05, 0) is 42.8 Å². The smallest absolute Gasteiger partial charge is 0.274 e. The maximum atomic E-state index is 14.7. The summed E-state index contributed by atoms with van der Waals surface area (Å²) in [6.45, 7) is 0. The maximum Gasteiger partial charge on any atom is 0.274 e. The van der Waals surface area contributed by atoms with Gasteiger partial charge in [-0.15, -0.1) is 0 Å². The minimum Gasteiger partial charge on any atom is -0.508 e. The number of amides is 1. The number of hydrogen-bond acceptors (Lipinski definition) is 8. The molecular weight excluding hydrogens is 447 g/mol. The summed E-state index contributed by atoms with van der Waals surface area (Å²) in [6, 6.07) is 10.7. The van der Waals surface area contributed by atoms with Crippen molar-refractivity contribution in [1.29, 1.82) is 0 Å². The number of nitrogens with one attached hydrogen (secondary N) is 1. The van der Waals surface area contributed by atoms with Crippen LogP contribution in [-0.4, -0.2) is 34.0 Å². The van der Waals surface area contributed by atoms with Crippen LogP contribution in [0.3, 0.4) is 0 Å². The Balaban J connectivity index is 1.57. The van der Waals surface area contributed by atoms with Gasteiger partial charge in [0.05, 0.1) is 13.3 Å². The van der Waals surface area contributed by atoms with Gasteiger partial charge >= 0.3 is 0 Å². The van der Waals surface area contributed by atoms with Gasteiger partial charge in [-0.3, -0.25) is 4.79 Å². The maximum absolute atomic E-state index is 14.7. The molecule has 0 aliphatic carbocycles. The lowest BCUT2D eigenvalue weighted by Gasteiger charge is -2.39. The van der Waals surface area contributed by atoms with E-state index in [1.165, 1.54) is 31.1 Å². The van der Waals surface area contributed by atoms with Crippen LogP contribution in [-0.2, 0) is 5.54 Å². The first-order valence-electron chi connectivity index (χ1n) is 10.0. The number of halogens is 1. The molecule has 1 aromatic heterocycles. The molecule has 5 rings (SSSR count). The van der Waals surface area contributed by atoms with Crippen LogP contribution in [0, 0.1) is 5.82 Å². The lowest BCUT2D eigenvalue weighted by molar-refractivity contribution is 0.102. The summed E-state index contributed by atoms with van der Waals surface area (Å²) in [5.41, 5.74) is 6.72. The molecule has 2 aromatic carbocycles. The van der Waals surface area contributed by atoms with Crippen molar-refractivity contribution in [3.8, 4) is 23.0 Å². The first-order chi connectivity index (χ1) is 15.9. The topological polar surface area (TPSA) is 119 Å². The Hall–Kier alpha value is -3.79. The van der Waals surface area contributed by atoms with E-state index in [-0.39, 0.29) is 17.2 Å². The number of aromatic hydroxyl groups is 1. The second-order valence-electron chi connectivity index (χ2n) is 7.56. The van der Waals surface area contributed by atoms with Gasteiger partial charge in [0.15, 0.2) is 16.7 Å². The van der Waals surface area contributed by atoms with Gasteiger partial charge in [-0.1, -0.05) is 11.8 Å². The van der Waals surface area contributed by atoms with Crippen molar-refractivity contribution >= 4 is 28.5 Å². The number of nitrogens with zero attached hydrogens (tertiary/aromatic N) is 2. The largest absolute Gasteiger partial charge is 0.508 e. The molecule has 0 fully saturated rings. The lowest BCUT2D eigenvalue weighted by atomic mass is 9.78. The number of carbonyl (C=O) groups excluding carboxylic acids is 1. The predicted molar refractivity (Wildman–Crippen MR) is 123 cm³/mol. The fourth-order valence-electron chi connectivity index (χ4n) is 4.06. The third-order valence-electron chi connectivity index (χ3n) is 5.59. The number of fused-ring (bicyclic) bond motifs is 4. The molecule has 0 bridgehead atoms. The zero-order valence-electron chi connectivity index (χ0n) is 17.5. The van der Waals surface area contributed by atoms with Crippen LogP contribution in [0.4, 0.5) is 10.1 Å². The van der Waals surface area contributed by atoms with Gasteiger partial charge in [-0.25, -0.2) is 14.4 Å².